The van der Waals surface area contributed by atoms with Gasteiger partial charge >= 0.3 is 0 Å². The molecule has 0 saturated carbocycles. The van der Waals surface area contributed by atoms with Crippen molar-refractivity contribution in [1.82, 2.24) is 10.1 Å². The van der Waals surface area contributed by atoms with E-state index in [0.717, 1.165) is 18.6 Å². The van der Waals surface area contributed by atoms with Crippen LogP contribution in [0.5, 0.6) is 11.5 Å². The number of aromatic hydroxyl groups is 2. The SMILES string of the molecule is Oc1cccc(O)c1-c1nc(C2CCCS2)no1. The Kier molecular flexibility index (Phi) is 2.87. The van der Waals surface area contributed by atoms with Gasteiger partial charge in [-0.2, -0.15) is 16.7 Å². The molecule has 6 heteroatoms. The molecule has 3 rings (SSSR count). The lowest BCUT2D eigenvalue weighted by molar-refractivity contribution is 0.409. The molecule has 1 aromatic heterocycles. The molecule has 0 bridgehead atoms. The standard InChI is InChI=1S/C12H12N2O3S/c15-7-3-1-4-8(16)10(7)12-13-11(14-17-12)9-5-2-6-18-9/h1,3-4,9,15-16H,2,5-6H2. The largest absolute Gasteiger partial charge is 0.507 e. The molecule has 94 valence electrons. The monoisotopic (exact) mass is 264 g/mol. The first-order chi connectivity index (χ1) is 8.75. The minimum atomic E-state index is -0.0655. The van der Waals surface area contributed by atoms with Crippen LogP contribution in [-0.2, 0) is 0 Å². The molecule has 0 aliphatic carbocycles. The smallest absolute Gasteiger partial charge is 0.265 e. The van der Waals surface area contributed by atoms with Gasteiger partial charge in [0.2, 0.25) is 0 Å². The van der Waals surface area contributed by atoms with E-state index in [9.17, 15) is 10.2 Å². The predicted molar refractivity (Wildman–Crippen MR) is 67.5 cm³/mol. The second-order valence-corrected chi connectivity index (χ2v) is 5.44. The minimum Gasteiger partial charge on any atom is -0.507 e. The van der Waals surface area contributed by atoms with Crippen LogP contribution in [0.2, 0.25) is 0 Å². The Morgan fingerprint density at radius 2 is 2.06 bits per heavy atom. The van der Waals surface area contributed by atoms with Gasteiger partial charge in [0.1, 0.15) is 17.1 Å². The number of benzene rings is 1. The van der Waals surface area contributed by atoms with Crippen LogP contribution in [0.25, 0.3) is 11.5 Å². The Hall–Kier alpha value is -1.69. The van der Waals surface area contributed by atoms with Gasteiger partial charge < -0.3 is 14.7 Å². The summed E-state index contributed by atoms with van der Waals surface area (Å²) in [5.41, 5.74) is 0.194. The molecule has 2 heterocycles. The second kappa shape index (κ2) is 4.53. The van der Waals surface area contributed by atoms with Crippen LogP contribution in [0, 0.1) is 0 Å². The Morgan fingerprint density at radius 1 is 1.28 bits per heavy atom. The van der Waals surface area contributed by atoms with Gasteiger partial charge in [-0.15, -0.1) is 0 Å². The molecule has 2 aromatic rings. The average Bonchev–Trinajstić information content (AvgIpc) is 2.99. The van der Waals surface area contributed by atoms with Crippen molar-refractivity contribution >= 4 is 11.8 Å². The van der Waals surface area contributed by atoms with Crippen molar-refractivity contribution < 1.29 is 14.7 Å². The van der Waals surface area contributed by atoms with E-state index in [0.29, 0.717) is 5.82 Å². The zero-order valence-corrected chi connectivity index (χ0v) is 10.4. The van der Waals surface area contributed by atoms with Gasteiger partial charge in [-0.1, -0.05) is 11.2 Å². The summed E-state index contributed by atoms with van der Waals surface area (Å²) in [6, 6.07) is 4.50. The number of phenols is 2. The molecule has 1 aliphatic rings. The van der Waals surface area contributed by atoms with E-state index in [4.69, 9.17) is 4.52 Å². The molecular formula is C12H12N2O3S. The summed E-state index contributed by atoms with van der Waals surface area (Å²) in [5, 5.41) is 23.6. The van der Waals surface area contributed by atoms with E-state index in [-0.39, 0.29) is 28.2 Å². The topological polar surface area (TPSA) is 79.4 Å². The van der Waals surface area contributed by atoms with Crippen molar-refractivity contribution in [2.45, 2.75) is 18.1 Å². The third-order valence-electron chi connectivity index (χ3n) is 2.89. The maximum Gasteiger partial charge on any atom is 0.265 e. The number of rotatable bonds is 2. The lowest BCUT2D eigenvalue weighted by atomic mass is 10.2. The zero-order valence-electron chi connectivity index (χ0n) is 9.54. The van der Waals surface area contributed by atoms with Crippen LogP contribution in [-0.4, -0.2) is 26.1 Å². The molecule has 0 radical (unpaired) electrons. The van der Waals surface area contributed by atoms with Gasteiger partial charge in [0, 0.05) is 0 Å². The van der Waals surface area contributed by atoms with Crippen LogP contribution in [0.4, 0.5) is 0 Å². The molecule has 18 heavy (non-hydrogen) atoms. The fourth-order valence-electron chi connectivity index (χ4n) is 2.00. The molecule has 1 unspecified atom stereocenters. The van der Waals surface area contributed by atoms with Crippen LogP contribution < -0.4 is 0 Å². The molecule has 0 spiro atoms. The molecule has 1 atom stereocenters. The predicted octanol–water partition coefficient (Wildman–Crippen LogP) is 2.72. The highest BCUT2D eigenvalue weighted by atomic mass is 32.2. The zero-order chi connectivity index (χ0) is 12.5. The lowest BCUT2D eigenvalue weighted by Gasteiger charge is -2.01. The van der Waals surface area contributed by atoms with Gasteiger partial charge in [0.05, 0.1) is 5.25 Å². The van der Waals surface area contributed by atoms with Gasteiger partial charge in [-0.25, -0.2) is 0 Å². The summed E-state index contributed by atoms with van der Waals surface area (Å²) < 4.78 is 5.13. The number of aromatic nitrogens is 2. The first-order valence-electron chi connectivity index (χ1n) is 5.72. The second-order valence-electron chi connectivity index (χ2n) is 4.13. The summed E-state index contributed by atoms with van der Waals surface area (Å²) >= 11 is 1.80. The normalized spacial score (nSPS) is 19.2. The van der Waals surface area contributed by atoms with Crippen LogP contribution >= 0.6 is 11.8 Å². The Balaban J connectivity index is 1.97. The summed E-state index contributed by atoms with van der Waals surface area (Å²) in [6.07, 6.45) is 2.19. The summed E-state index contributed by atoms with van der Waals surface area (Å²) in [6.45, 7) is 0. The molecule has 1 fully saturated rings. The van der Waals surface area contributed by atoms with Crippen molar-refractivity contribution in [3.63, 3.8) is 0 Å². The number of phenolic OH excluding ortho intramolecular Hbond substituents is 2. The maximum absolute atomic E-state index is 9.73. The van der Waals surface area contributed by atoms with Crippen molar-refractivity contribution in [2.24, 2.45) is 0 Å². The fourth-order valence-corrected chi connectivity index (χ4v) is 3.19. The lowest BCUT2D eigenvalue weighted by Crippen LogP contribution is -1.91. The highest BCUT2D eigenvalue weighted by molar-refractivity contribution is 7.99. The Bertz CT molecular complexity index is 544. The minimum absolute atomic E-state index is 0.0655. The van der Waals surface area contributed by atoms with E-state index in [1.54, 1.807) is 17.8 Å². The first kappa shape index (κ1) is 11.4. The molecule has 1 aromatic carbocycles. The number of nitrogens with zero attached hydrogens (tertiary/aromatic N) is 2. The van der Waals surface area contributed by atoms with Crippen molar-refractivity contribution in [3.05, 3.63) is 24.0 Å². The van der Waals surface area contributed by atoms with Crippen molar-refractivity contribution in [3.8, 4) is 23.0 Å². The fraction of sp³-hybridized carbons (Fsp3) is 0.333. The molecular weight excluding hydrogens is 252 g/mol. The third kappa shape index (κ3) is 1.92. The van der Waals surface area contributed by atoms with Crippen molar-refractivity contribution in [1.29, 1.82) is 0 Å². The quantitative estimate of drug-likeness (QED) is 0.868. The first-order valence-corrected chi connectivity index (χ1v) is 6.77. The van der Waals surface area contributed by atoms with E-state index in [1.807, 2.05) is 0 Å². The molecule has 0 amide bonds. The number of hydrogen-bond donors (Lipinski definition) is 2. The van der Waals surface area contributed by atoms with Gasteiger partial charge in [-0.3, -0.25) is 0 Å². The maximum atomic E-state index is 9.73. The van der Waals surface area contributed by atoms with Gasteiger partial charge in [0.15, 0.2) is 5.82 Å². The Morgan fingerprint density at radius 3 is 2.72 bits per heavy atom. The molecule has 2 N–H and O–H groups in total. The molecule has 1 aliphatic heterocycles. The number of thioether (sulfide) groups is 1. The highest BCUT2D eigenvalue weighted by Gasteiger charge is 2.25. The summed E-state index contributed by atoms with van der Waals surface area (Å²) in [7, 11) is 0. The van der Waals surface area contributed by atoms with Crippen LogP contribution in [0.1, 0.15) is 23.9 Å². The number of hydrogen-bond acceptors (Lipinski definition) is 6. The van der Waals surface area contributed by atoms with E-state index < -0.39 is 0 Å². The highest BCUT2D eigenvalue weighted by Crippen LogP contribution is 2.41. The van der Waals surface area contributed by atoms with Gasteiger partial charge in [-0.05, 0) is 30.7 Å². The van der Waals surface area contributed by atoms with Crippen LogP contribution in [0.15, 0.2) is 22.7 Å². The third-order valence-corrected chi connectivity index (χ3v) is 4.27. The van der Waals surface area contributed by atoms with E-state index in [1.165, 1.54) is 12.1 Å². The van der Waals surface area contributed by atoms with E-state index >= 15 is 0 Å². The van der Waals surface area contributed by atoms with Gasteiger partial charge in [0.25, 0.3) is 5.89 Å². The van der Waals surface area contributed by atoms with Crippen LogP contribution in [0.3, 0.4) is 0 Å². The van der Waals surface area contributed by atoms with Crippen molar-refractivity contribution in [2.75, 3.05) is 5.75 Å². The molecule has 5 nitrogen and oxygen atoms in total. The summed E-state index contributed by atoms with van der Waals surface area (Å²) in [5.74, 6) is 1.77. The molecule has 1 saturated heterocycles. The average molecular weight is 264 g/mol. The Labute approximate surface area is 108 Å². The van der Waals surface area contributed by atoms with E-state index in [2.05, 4.69) is 10.1 Å². The summed E-state index contributed by atoms with van der Waals surface area (Å²) in [4.78, 5) is 4.27.